The lowest BCUT2D eigenvalue weighted by Gasteiger charge is -2.22. The summed E-state index contributed by atoms with van der Waals surface area (Å²) in [6, 6.07) is 0. The van der Waals surface area contributed by atoms with Crippen LogP contribution in [0.4, 0.5) is 0 Å². The van der Waals surface area contributed by atoms with Crippen LogP contribution < -0.4 is 0 Å². The van der Waals surface area contributed by atoms with E-state index in [1.165, 1.54) is 7.11 Å². The Bertz CT molecular complexity index is 209. The monoisotopic (exact) mass is 234 g/mol. The molecule has 2 N–H and O–H groups in total. The highest BCUT2D eigenvalue weighted by molar-refractivity contribution is 5.69. The van der Waals surface area contributed by atoms with Gasteiger partial charge in [-0.3, -0.25) is 4.79 Å². The van der Waals surface area contributed by atoms with Crippen LogP contribution in [-0.2, 0) is 14.3 Å². The van der Waals surface area contributed by atoms with E-state index in [1.807, 2.05) is 20.8 Å². The quantitative estimate of drug-likeness (QED) is 0.654. The van der Waals surface area contributed by atoms with Crippen molar-refractivity contribution in [3.05, 3.63) is 0 Å². The predicted molar refractivity (Wildman–Crippen MR) is 59.0 cm³/mol. The van der Waals surface area contributed by atoms with E-state index in [-0.39, 0.29) is 25.0 Å². The molecule has 0 aromatic heterocycles. The summed E-state index contributed by atoms with van der Waals surface area (Å²) >= 11 is 0. The lowest BCUT2D eigenvalue weighted by atomic mass is 10.1. The number of hydrogen-bond donors (Lipinski definition) is 2. The Balaban J connectivity index is 3.78. The Morgan fingerprint density at radius 2 is 1.81 bits per heavy atom. The number of methoxy groups -OCH3 is 1. The van der Waals surface area contributed by atoms with Gasteiger partial charge in [-0.15, -0.1) is 0 Å². The standard InChI is InChI=1S/C11H22O5/c1-11(2,3)16-7-9(13)5-8(12)6-10(14)15-4/h8-9,12-13H,5-7H2,1-4H3/t8-,9+/m1/s1. The lowest BCUT2D eigenvalue weighted by molar-refractivity contribution is -0.143. The van der Waals surface area contributed by atoms with Crippen molar-refractivity contribution in [2.75, 3.05) is 13.7 Å². The number of rotatable bonds is 6. The molecule has 0 rings (SSSR count). The van der Waals surface area contributed by atoms with Crippen LogP contribution in [0.2, 0.25) is 0 Å². The normalized spacial score (nSPS) is 15.6. The van der Waals surface area contributed by atoms with Gasteiger partial charge in [0.1, 0.15) is 0 Å². The van der Waals surface area contributed by atoms with E-state index in [2.05, 4.69) is 4.74 Å². The maximum Gasteiger partial charge on any atom is 0.308 e. The van der Waals surface area contributed by atoms with Crippen LogP contribution in [-0.4, -0.2) is 47.7 Å². The average Bonchev–Trinajstić information content (AvgIpc) is 2.13. The zero-order valence-corrected chi connectivity index (χ0v) is 10.4. The van der Waals surface area contributed by atoms with Gasteiger partial charge in [-0.25, -0.2) is 0 Å². The molecule has 0 saturated carbocycles. The molecule has 16 heavy (non-hydrogen) atoms. The third-order valence-electron chi connectivity index (χ3n) is 1.88. The van der Waals surface area contributed by atoms with Crippen molar-refractivity contribution in [2.45, 2.75) is 51.4 Å². The lowest BCUT2D eigenvalue weighted by Crippen LogP contribution is -2.29. The number of aliphatic hydroxyl groups excluding tert-OH is 2. The molecule has 0 aliphatic rings. The molecule has 0 aromatic carbocycles. The third-order valence-corrected chi connectivity index (χ3v) is 1.88. The van der Waals surface area contributed by atoms with Crippen molar-refractivity contribution in [2.24, 2.45) is 0 Å². The fourth-order valence-electron chi connectivity index (χ4n) is 1.09. The highest BCUT2D eigenvalue weighted by Crippen LogP contribution is 2.10. The first-order chi connectivity index (χ1) is 7.24. The second-order valence-corrected chi connectivity index (χ2v) is 4.75. The summed E-state index contributed by atoms with van der Waals surface area (Å²) in [5, 5.41) is 19.0. The molecular formula is C11H22O5. The molecular weight excluding hydrogens is 212 g/mol. The van der Waals surface area contributed by atoms with Gasteiger partial charge in [0.15, 0.2) is 0 Å². The Morgan fingerprint density at radius 1 is 1.25 bits per heavy atom. The summed E-state index contributed by atoms with van der Waals surface area (Å²) < 4.78 is 9.75. The van der Waals surface area contributed by atoms with Gasteiger partial charge < -0.3 is 19.7 Å². The maximum absolute atomic E-state index is 10.8. The molecule has 0 aliphatic heterocycles. The molecule has 0 amide bonds. The number of carbonyl (C=O) groups is 1. The second kappa shape index (κ2) is 6.83. The summed E-state index contributed by atoms with van der Waals surface area (Å²) in [7, 11) is 1.26. The van der Waals surface area contributed by atoms with Gasteiger partial charge in [-0.05, 0) is 20.8 Å². The Morgan fingerprint density at radius 3 is 2.25 bits per heavy atom. The Labute approximate surface area is 96.4 Å². The molecule has 0 unspecified atom stereocenters. The molecule has 5 nitrogen and oxygen atoms in total. The fraction of sp³-hybridized carbons (Fsp3) is 0.909. The first-order valence-corrected chi connectivity index (χ1v) is 5.31. The number of ether oxygens (including phenoxy) is 2. The van der Waals surface area contributed by atoms with Gasteiger partial charge in [0.2, 0.25) is 0 Å². The van der Waals surface area contributed by atoms with Crippen LogP contribution in [0.25, 0.3) is 0 Å². The molecule has 0 radical (unpaired) electrons. The summed E-state index contributed by atoms with van der Waals surface area (Å²) in [4.78, 5) is 10.8. The largest absolute Gasteiger partial charge is 0.469 e. The highest BCUT2D eigenvalue weighted by atomic mass is 16.5. The van der Waals surface area contributed by atoms with E-state index in [0.717, 1.165) is 0 Å². The van der Waals surface area contributed by atoms with E-state index in [9.17, 15) is 15.0 Å². The molecule has 0 heterocycles. The number of aliphatic hydroxyl groups is 2. The molecule has 2 atom stereocenters. The first kappa shape index (κ1) is 15.3. The minimum atomic E-state index is -0.897. The van der Waals surface area contributed by atoms with E-state index in [4.69, 9.17) is 4.74 Å². The van der Waals surface area contributed by atoms with E-state index >= 15 is 0 Å². The Kier molecular flexibility index (Phi) is 6.55. The van der Waals surface area contributed by atoms with Crippen molar-refractivity contribution in [1.29, 1.82) is 0 Å². The van der Waals surface area contributed by atoms with Gasteiger partial charge in [0.05, 0.1) is 37.9 Å². The minimum Gasteiger partial charge on any atom is -0.469 e. The molecule has 0 bridgehead atoms. The van der Waals surface area contributed by atoms with Gasteiger partial charge in [0, 0.05) is 6.42 Å². The van der Waals surface area contributed by atoms with Crippen LogP contribution >= 0.6 is 0 Å². The molecule has 5 heteroatoms. The average molecular weight is 234 g/mol. The van der Waals surface area contributed by atoms with Crippen LogP contribution in [0.3, 0.4) is 0 Å². The summed E-state index contributed by atoms with van der Waals surface area (Å²) in [6.45, 7) is 5.78. The van der Waals surface area contributed by atoms with Gasteiger partial charge in [-0.1, -0.05) is 0 Å². The Hall–Kier alpha value is -0.650. The van der Waals surface area contributed by atoms with E-state index in [0.29, 0.717) is 0 Å². The van der Waals surface area contributed by atoms with Gasteiger partial charge in [0.25, 0.3) is 0 Å². The van der Waals surface area contributed by atoms with Gasteiger partial charge >= 0.3 is 5.97 Å². The van der Waals surface area contributed by atoms with Crippen LogP contribution in [0.1, 0.15) is 33.6 Å². The zero-order chi connectivity index (χ0) is 12.8. The van der Waals surface area contributed by atoms with Crippen molar-refractivity contribution in [3.63, 3.8) is 0 Å². The van der Waals surface area contributed by atoms with Crippen LogP contribution in [0.5, 0.6) is 0 Å². The second-order valence-electron chi connectivity index (χ2n) is 4.75. The highest BCUT2D eigenvalue weighted by Gasteiger charge is 2.18. The topological polar surface area (TPSA) is 76.0 Å². The summed E-state index contributed by atoms with van der Waals surface area (Å²) in [5.74, 6) is -0.489. The van der Waals surface area contributed by atoms with Crippen molar-refractivity contribution < 1.29 is 24.5 Å². The fourth-order valence-corrected chi connectivity index (χ4v) is 1.09. The predicted octanol–water partition coefficient (Wildman–Crippen LogP) is 0.476. The van der Waals surface area contributed by atoms with Crippen molar-refractivity contribution >= 4 is 5.97 Å². The van der Waals surface area contributed by atoms with E-state index in [1.54, 1.807) is 0 Å². The van der Waals surface area contributed by atoms with Crippen LogP contribution in [0.15, 0.2) is 0 Å². The number of carbonyl (C=O) groups excluding carboxylic acids is 1. The first-order valence-electron chi connectivity index (χ1n) is 5.31. The van der Waals surface area contributed by atoms with E-state index < -0.39 is 18.2 Å². The smallest absolute Gasteiger partial charge is 0.308 e. The summed E-state index contributed by atoms with van der Waals surface area (Å²) in [5.41, 5.74) is -0.325. The van der Waals surface area contributed by atoms with Crippen molar-refractivity contribution in [1.82, 2.24) is 0 Å². The van der Waals surface area contributed by atoms with Gasteiger partial charge in [-0.2, -0.15) is 0 Å². The molecule has 0 saturated heterocycles. The third kappa shape index (κ3) is 8.64. The molecule has 0 aromatic rings. The number of hydrogen-bond acceptors (Lipinski definition) is 5. The number of esters is 1. The minimum absolute atomic E-state index is 0.102. The molecule has 0 spiro atoms. The maximum atomic E-state index is 10.8. The molecule has 96 valence electrons. The molecule has 0 aliphatic carbocycles. The zero-order valence-electron chi connectivity index (χ0n) is 10.4. The van der Waals surface area contributed by atoms with Crippen LogP contribution in [0, 0.1) is 0 Å². The SMILES string of the molecule is COC(=O)C[C@H](O)C[C@H](O)COC(C)(C)C. The summed E-state index contributed by atoms with van der Waals surface area (Å²) in [6.07, 6.45) is -1.68. The van der Waals surface area contributed by atoms with Crippen molar-refractivity contribution in [3.8, 4) is 0 Å². The molecule has 0 fully saturated rings.